The van der Waals surface area contributed by atoms with Crippen molar-refractivity contribution >= 4 is 23.1 Å². The number of carbonyl (C=O) groups is 2. The minimum absolute atomic E-state index is 0.0195. The summed E-state index contributed by atoms with van der Waals surface area (Å²) in [6.45, 7) is 1.95. The summed E-state index contributed by atoms with van der Waals surface area (Å²) in [5.74, 6) is -0.184. The van der Waals surface area contributed by atoms with Crippen molar-refractivity contribution in [3.8, 4) is 0 Å². The number of nitrogens with one attached hydrogen (secondary N) is 2. The Labute approximate surface area is 151 Å². The Hall–Kier alpha value is -3.54. The fraction of sp³-hybridized carbons (Fsp3) is 0.100. The molecule has 0 bridgehead atoms. The first-order chi connectivity index (χ1) is 12.6. The van der Waals surface area contributed by atoms with E-state index in [1.165, 1.54) is 13.1 Å². The maximum absolute atomic E-state index is 12.3. The first-order valence-electron chi connectivity index (χ1n) is 8.12. The highest BCUT2D eigenvalue weighted by atomic mass is 16.1. The molecule has 0 aliphatic heterocycles. The van der Waals surface area contributed by atoms with Gasteiger partial charge in [0.1, 0.15) is 0 Å². The number of anilines is 2. The Morgan fingerprint density at radius 3 is 2.31 bits per heavy atom. The standard InChI is InChI=1S/C20H18N4O2/c1-14(25)16-2-4-18(5-3-16)24-19-10-17(12-22-13-19)20(26)23-11-15-6-8-21-9-7-15/h2-10,12-13,24H,11H2,1H3,(H,23,26). The van der Waals surface area contributed by atoms with Crippen LogP contribution in [0, 0.1) is 0 Å². The average molecular weight is 346 g/mol. The molecule has 0 fully saturated rings. The molecule has 0 saturated carbocycles. The molecule has 1 aromatic carbocycles. The van der Waals surface area contributed by atoms with Crippen molar-refractivity contribution in [1.29, 1.82) is 0 Å². The topological polar surface area (TPSA) is 84.0 Å². The number of Topliss-reactive ketones (excluding diaryl/α,β-unsaturated/α-hetero) is 1. The van der Waals surface area contributed by atoms with Crippen molar-refractivity contribution in [1.82, 2.24) is 15.3 Å². The lowest BCUT2D eigenvalue weighted by Crippen LogP contribution is -2.23. The predicted octanol–water partition coefficient (Wildman–Crippen LogP) is 3.35. The van der Waals surface area contributed by atoms with Gasteiger partial charge in [-0.15, -0.1) is 0 Å². The Bertz CT molecular complexity index is 909. The summed E-state index contributed by atoms with van der Waals surface area (Å²) in [6, 6.07) is 12.6. The third-order valence-corrected chi connectivity index (χ3v) is 3.78. The van der Waals surface area contributed by atoms with Gasteiger partial charge in [-0.1, -0.05) is 0 Å². The zero-order chi connectivity index (χ0) is 18.4. The van der Waals surface area contributed by atoms with Crippen LogP contribution in [0.25, 0.3) is 0 Å². The second-order valence-corrected chi connectivity index (χ2v) is 5.76. The van der Waals surface area contributed by atoms with Gasteiger partial charge in [0.25, 0.3) is 5.91 Å². The van der Waals surface area contributed by atoms with Crippen molar-refractivity contribution in [2.24, 2.45) is 0 Å². The molecular formula is C20H18N4O2. The second kappa shape index (κ2) is 8.02. The summed E-state index contributed by atoms with van der Waals surface area (Å²) in [7, 11) is 0. The number of hydrogen-bond donors (Lipinski definition) is 2. The van der Waals surface area contributed by atoms with Crippen LogP contribution in [0.4, 0.5) is 11.4 Å². The van der Waals surface area contributed by atoms with Crippen LogP contribution in [0.2, 0.25) is 0 Å². The van der Waals surface area contributed by atoms with Crippen LogP contribution in [0.3, 0.4) is 0 Å². The highest BCUT2D eigenvalue weighted by Crippen LogP contribution is 2.17. The van der Waals surface area contributed by atoms with E-state index in [0.717, 1.165) is 11.3 Å². The van der Waals surface area contributed by atoms with Crippen LogP contribution < -0.4 is 10.6 Å². The fourth-order valence-electron chi connectivity index (χ4n) is 2.37. The summed E-state index contributed by atoms with van der Waals surface area (Å²) in [5.41, 5.74) is 3.59. The van der Waals surface area contributed by atoms with Gasteiger partial charge in [0.2, 0.25) is 0 Å². The number of benzene rings is 1. The molecule has 0 aliphatic carbocycles. The number of nitrogens with zero attached hydrogens (tertiary/aromatic N) is 2. The average Bonchev–Trinajstić information content (AvgIpc) is 2.67. The van der Waals surface area contributed by atoms with Gasteiger partial charge in [-0.3, -0.25) is 19.6 Å². The van der Waals surface area contributed by atoms with Gasteiger partial charge < -0.3 is 10.6 Å². The largest absolute Gasteiger partial charge is 0.354 e. The molecule has 1 amide bonds. The normalized spacial score (nSPS) is 10.2. The Balaban J connectivity index is 1.65. The molecule has 6 nitrogen and oxygen atoms in total. The van der Waals surface area contributed by atoms with Gasteiger partial charge >= 0.3 is 0 Å². The number of pyridine rings is 2. The van der Waals surface area contributed by atoms with Crippen LogP contribution in [0.15, 0.2) is 67.3 Å². The SMILES string of the molecule is CC(=O)c1ccc(Nc2cncc(C(=O)NCc3ccncc3)c2)cc1. The summed E-state index contributed by atoms with van der Waals surface area (Å²) in [5, 5.41) is 6.03. The highest BCUT2D eigenvalue weighted by Gasteiger charge is 2.07. The lowest BCUT2D eigenvalue weighted by Gasteiger charge is -2.09. The fourth-order valence-corrected chi connectivity index (χ4v) is 2.37. The van der Waals surface area contributed by atoms with Crippen LogP contribution in [0.5, 0.6) is 0 Å². The zero-order valence-corrected chi connectivity index (χ0v) is 14.3. The minimum atomic E-state index is -0.204. The van der Waals surface area contributed by atoms with E-state index in [0.29, 0.717) is 23.4 Å². The van der Waals surface area contributed by atoms with Crippen LogP contribution in [-0.4, -0.2) is 21.7 Å². The number of aromatic nitrogens is 2. The quantitative estimate of drug-likeness (QED) is 0.669. The molecular weight excluding hydrogens is 328 g/mol. The van der Waals surface area contributed by atoms with E-state index in [4.69, 9.17) is 0 Å². The van der Waals surface area contributed by atoms with E-state index in [2.05, 4.69) is 20.6 Å². The molecule has 130 valence electrons. The molecule has 6 heteroatoms. The molecule has 3 aromatic rings. The molecule has 0 atom stereocenters. The zero-order valence-electron chi connectivity index (χ0n) is 14.3. The van der Waals surface area contributed by atoms with E-state index in [-0.39, 0.29) is 11.7 Å². The van der Waals surface area contributed by atoms with Gasteiger partial charge in [-0.2, -0.15) is 0 Å². The van der Waals surface area contributed by atoms with Crippen LogP contribution >= 0.6 is 0 Å². The predicted molar refractivity (Wildman–Crippen MR) is 99.4 cm³/mol. The van der Waals surface area contributed by atoms with Crippen molar-refractivity contribution in [3.05, 3.63) is 83.9 Å². The molecule has 26 heavy (non-hydrogen) atoms. The maximum atomic E-state index is 12.3. The molecule has 0 saturated heterocycles. The van der Waals surface area contributed by atoms with E-state index in [1.807, 2.05) is 24.3 Å². The third kappa shape index (κ3) is 4.51. The molecule has 3 rings (SSSR count). The van der Waals surface area contributed by atoms with E-state index in [1.54, 1.807) is 36.8 Å². The van der Waals surface area contributed by atoms with Crippen LogP contribution in [-0.2, 0) is 6.54 Å². The Morgan fingerprint density at radius 1 is 0.885 bits per heavy atom. The first-order valence-corrected chi connectivity index (χ1v) is 8.12. The minimum Gasteiger partial charge on any atom is -0.354 e. The van der Waals surface area contributed by atoms with E-state index in [9.17, 15) is 9.59 Å². The van der Waals surface area contributed by atoms with E-state index < -0.39 is 0 Å². The molecule has 2 N–H and O–H groups in total. The second-order valence-electron chi connectivity index (χ2n) is 5.76. The number of amides is 1. The van der Waals surface area contributed by atoms with Gasteiger partial charge in [0.15, 0.2) is 5.78 Å². The van der Waals surface area contributed by atoms with Gasteiger partial charge in [-0.05, 0) is 55.0 Å². The van der Waals surface area contributed by atoms with Crippen molar-refractivity contribution < 1.29 is 9.59 Å². The lowest BCUT2D eigenvalue weighted by molar-refractivity contribution is 0.0949. The molecule has 0 radical (unpaired) electrons. The van der Waals surface area contributed by atoms with Gasteiger partial charge in [0, 0.05) is 36.4 Å². The van der Waals surface area contributed by atoms with E-state index >= 15 is 0 Å². The summed E-state index contributed by atoms with van der Waals surface area (Å²) < 4.78 is 0. The molecule has 2 aromatic heterocycles. The number of ketones is 1. The first kappa shape index (κ1) is 17.3. The molecule has 2 heterocycles. The van der Waals surface area contributed by atoms with Gasteiger partial charge in [-0.25, -0.2) is 0 Å². The smallest absolute Gasteiger partial charge is 0.253 e. The molecule has 0 aliphatic rings. The van der Waals surface area contributed by atoms with Crippen LogP contribution in [0.1, 0.15) is 33.2 Å². The summed E-state index contributed by atoms with van der Waals surface area (Å²) >= 11 is 0. The summed E-state index contributed by atoms with van der Waals surface area (Å²) in [4.78, 5) is 31.7. The third-order valence-electron chi connectivity index (χ3n) is 3.78. The van der Waals surface area contributed by atoms with Gasteiger partial charge in [0.05, 0.1) is 17.4 Å². The number of carbonyl (C=O) groups excluding carboxylic acids is 2. The Morgan fingerprint density at radius 2 is 1.62 bits per heavy atom. The monoisotopic (exact) mass is 346 g/mol. The molecule has 0 unspecified atom stereocenters. The van der Waals surface area contributed by atoms with Crippen molar-refractivity contribution in [2.75, 3.05) is 5.32 Å². The summed E-state index contributed by atoms with van der Waals surface area (Å²) in [6.07, 6.45) is 6.53. The van der Waals surface area contributed by atoms with Crippen molar-refractivity contribution in [2.45, 2.75) is 13.5 Å². The maximum Gasteiger partial charge on any atom is 0.253 e. The van der Waals surface area contributed by atoms with Crippen molar-refractivity contribution in [3.63, 3.8) is 0 Å². The highest BCUT2D eigenvalue weighted by molar-refractivity contribution is 5.95. The lowest BCUT2D eigenvalue weighted by atomic mass is 10.1. The Kier molecular flexibility index (Phi) is 5.34. The number of hydrogen-bond acceptors (Lipinski definition) is 5. The number of rotatable bonds is 6. The molecule has 0 spiro atoms.